The van der Waals surface area contributed by atoms with Gasteiger partial charge in [0.1, 0.15) is 30.6 Å². The number of carboxylic acid groups (broad SMARTS) is 1. The summed E-state index contributed by atoms with van der Waals surface area (Å²) in [5, 5.41) is 14.6. The van der Waals surface area contributed by atoms with E-state index in [9.17, 15) is 19.5 Å². The topological polar surface area (TPSA) is 140 Å². The molecule has 198 valence electrons. The van der Waals surface area contributed by atoms with Gasteiger partial charge in [-0.2, -0.15) is 0 Å². The summed E-state index contributed by atoms with van der Waals surface area (Å²) < 4.78 is 10.9. The first kappa shape index (κ1) is 26.8. The molecule has 0 aliphatic heterocycles. The van der Waals surface area contributed by atoms with Crippen LogP contribution < -0.4 is 15.4 Å². The fourth-order valence-electron chi connectivity index (χ4n) is 3.63. The molecule has 10 heteroatoms. The highest BCUT2D eigenvalue weighted by Crippen LogP contribution is 2.26. The van der Waals surface area contributed by atoms with Gasteiger partial charge in [0.2, 0.25) is 0 Å². The molecule has 0 aliphatic carbocycles. The summed E-state index contributed by atoms with van der Waals surface area (Å²) in [7, 11) is 0. The predicted molar refractivity (Wildman–Crippen MR) is 143 cm³/mol. The van der Waals surface area contributed by atoms with Gasteiger partial charge in [0.05, 0.1) is 0 Å². The van der Waals surface area contributed by atoms with E-state index in [0.29, 0.717) is 16.9 Å². The lowest BCUT2D eigenvalue weighted by atomic mass is 10.1. The zero-order valence-electron chi connectivity index (χ0n) is 21.0. The second-order valence-electron chi connectivity index (χ2n) is 8.43. The van der Waals surface area contributed by atoms with Crippen LogP contribution in [0.25, 0.3) is 11.1 Å². The van der Waals surface area contributed by atoms with Gasteiger partial charge in [0.25, 0.3) is 5.91 Å². The number of carbonyl (C=O) groups is 3. The average Bonchev–Trinajstić information content (AvgIpc) is 2.96. The quantitative estimate of drug-likeness (QED) is 0.270. The van der Waals surface area contributed by atoms with Crippen molar-refractivity contribution in [3.63, 3.8) is 0 Å². The molecular formula is C29H26N4O6. The molecule has 0 saturated heterocycles. The molecule has 2 amide bonds. The normalized spacial score (nSPS) is 12.0. The smallest absolute Gasteiger partial charge is 0.413 e. The maximum absolute atomic E-state index is 12.7. The number of hydrogen-bond acceptors (Lipinski definition) is 7. The van der Waals surface area contributed by atoms with Crippen LogP contribution in [0.15, 0.2) is 97.5 Å². The van der Waals surface area contributed by atoms with Gasteiger partial charge >= 0.3 is 12.1 Å². The van der Waals surface area contributed by atoms with E-state index in [-0.39, 0.29) is 18.0 Å². The molecule has 3 aromatic carbocycles. The molecule has 0 saturated carbocycles. The largest absolute Gasteiger partial charge is 0.491 e. The number of aromatic nitrogens is 2. The minimum Gasteiger partial charge on any atom is -0.491 e. The summed E-state index contributed by atoms with van der Waals surface area (Å²) in [4.78, 5) is 45.1. The first-order valence-corrected chi connectivity index (χ1v) is 12.0. The fourth-order valence-corrected chi connectivity index (χ4v) is 3.63. The minimum absolute atomic E-state index is 0.233. The molecule has 0 fully saturated rings. The average molecular weight is 527 g/mol. The number of amides is 2. The van der Waals surface area contributed by atoms with Crippen LogP contribution in [0.1, 0.15) is 28.9 Å². The van der Waals surface area contributed by atoms with Crippen molar-refractivity contribution in [3.8, 4) is 16.9 Å². The number of aliphatic carboxylic acids is 1. The summed E-state index contributed by atoms with van der Waals surface area (Å²) in [5.41, 5.74) is 2.22. The van der Waals surface area contributed by atoms with Gasteiger partial charge in [-0.15, -0.1) is 0 Å². The van der Waals surface area contributed by atoms with Crippen molar-refractivity contribution in [2.24, 2.45) is 0 Å². The van der Waals surface area contributed by atoms with Crippen LogP contribution in [-0.4, -0.2) is 45.7 Å². The van der Waals surface area contributed by atoms with E-state index in [4.69, 9.17) is 9.47 Å². The lowest BCUT2D eigenvalue weighted by Gasteiger charge is -2.16. The number of nitrogens with one attached hydrogen (secondary N) is 2. The Kier molecular flexibility index (Phi) is 8.81. The first-order chi connectivity index (χ1) is 18.9. The van der Waals surface area contributed by atoms with Crippen LogP contribution >= 0.6 is 0 Å². The highest BCUT2D eigenvalue weighted by atomic mass is 16.6. The summed E-state index contributed by atoms with van der Waals surface area (Å²) >= 11 is 0. The van der Waals surface area contributed by atoms with E-state index in [1.807, 2.05) is 36.4 Å². The lowest BCUT2D eigenvalue weighted by molar-refractivity contribution is -0.140. The van der Waals surface area contributed by atoms with Gasteiger partial charge in [-0.3, -0.25) is 10.1 Å². The van der Waals surface area contributed by atoms with Crippen molar-refractivity contribution in [2.45, 2.75) is 19.1 Å². The summed E-state index contributed by atoms with van der Waals surface area (Å²) in [6.07, 6.45) is 1.67. The Hall–Kier alpha value is -5.25. The van der Waals surface area contributed by atoms with E-state index >= 15 is 0 Å². The van der Waals surface area contributed by atoms with E-state index in [2.05, 4.69) is 20.6 Å². The Bertz CT molecular complexity index is 1410. The van der Waals surface area contributed by atoms with E-state index in [1.54, 1.807) is 43.3 Å². The molecule has 0 aliphatic rings. The number of rotatable bonds is 10. The van der Waals surface area contributed by atoms with E-state index < -0.39 is 30.1 Å². The molecule has 0 bridgehead atoms. The van der Waals surface area contributed by atoms with Crippen LogP contribution in [-0.2, 0) is 9.53 Å². The SMILES string of the molecule is CC(OC(=O)Nc1ncncc1-c1ccc(C(=O)NC(COc2ccccc2)C(=O)O)cc1)c1ccccc1. The highest BCUT2D eigenvalue weighted by molar-refractivity contribution is 5.97. The van der Waals surface area contributed by atoms with Crippen molar-refractivity contribution in [3.05, 3.63) is 109 Å². The lowest BCUT2D eigenvalue weighted by Crippen LogP contribution is -2.44. The van der Waals surface area contributed by atoms with Crippen LogP contribution in [0.4, 0.5) is 10.6 Å². The zero-order valence-corrected chi connectivity index (χ0v) is 21.0. The molecule has 0 spiro atoms. The molecular weight excluding hydrogens is 500 g/mol. The third-order valence-corrected chi connectivity index (χ3v) is 5.71. The zero-order chi connectivity index (χ0) is 27.6. The van der Waals surface area contributed by atoms with Crippen molar-refractivity contribution in [1.82, 2.24) is 15.3 Å². The van der Waals surface area contributed by atoms with Crippen molar-refractivity contribution >= 4 is 23.8 Å². The van der Waals surface area contributed by atoms with Gasteiger partial charge in [-0.1, -0.05) is 60.7 Å². The molecule has 10 nitrogen and oxygen atoms in total. The standard InChI is InChI=1S/C29H26N4O6/c1-19(20-8-4-2-5-9-20)39-29(37)33-26-24(16-30-18-31-26)21-12-14-22(15-13-21)27(34)32-25(28(35)36)17-38-23-10-6-3-7-11-23/h2-16,18-19,25H,17H2,1H3,(H,32,34)(H,35,36)(H,30,31,33,37). The number of anilines is 1. The number of carbonyl (C=O) groups excluding carboxylic acids is 2. The molecule has 0 radical (unpaired) electrons. The fraction of sp³-hybridized carbons (Fsp3) is 0.138. The van der Waals surface area contributed by atoms with Gasteiger partial charge in [0.15, 0.2) is 6.04 Å². The number of nitrogens with zero attached hydrogens (tertiary/aromatic N) is 2. The highest BCUT2D eigenvalue weighted by Gasteiger charge is 2.22. The maximum atomic E-state index is 12.7. The van der Waals surface area contributed by atoms with Crippen molar-refractivity contribution in [2.75, 3.05) is 11.9 Å². The Morgan fingerprint density at radius 3 is 2.26 bits per heavy atom. The van der Waals surface area contributed by atoms with Gasteiger partial charge < -0.3 is 19.9 Å². The second-order valence-corrected chi connectivity index (χ2v) is 8.43. The summed E-state index contributed by atoms with van der Waals surface area (Å²) in [5.74, 6) is -1.07. The van der Waals surface area contributed by atoms with Crippen LogP contribution in [0.5, 0.6) is 5.75 Å². The molecule has 1 heterocycles. The number of carboxylic acids is 1. The molecule has 2 unspecified atom stereocenters. The third kappa shape index (κ3) is 7.39. The Labute approximate surface area is 224 Å². The molecule has 39 heavy (non-hydrogen) atoms. The van der Waals surface area contributed by atoms with E-state index in [1.165, 1.54) is 24.7 Å². The molecule has 3 N–H and O–H groups in total. The molecule has 2 atom stereocenters. The number of ether oxygens (including phenoxy) is 2. The van der Waals surface area contributed by atoms with Crippen LogP contribution in [0.3, 0.4) is 0 Å². The molecule has 1 aromatic heterocycles. The summed E-state index contributed by atoms with van der Waals surface area (Å²) in [6.45, 7) is 1.53. The minimum atomic E-state index is -1.25. The van der Waals surface area contributed by atoms with Crippen LogP contribution in [0.2, 0.25) is 0 Å². The van der Waals surface area contributed by atoms with Gasteiger partial charge in [0, 0.05) is 17.3 Å². The third-order valence-electron chi connectivity index (χ3n) is 5.71. The van der Waals surface area contributed by atoms with Gasteiger partial charge in [-0.05, 0) is 42.3 Å². The first-order valence-electron chi connectivity index (χ1n) is 12.0. The number of benzene rings is 3. The van der Waals surface area contributed by atoms with E-state index in [0.717, 1.165) is 5.56 Å². The number of hydrogen-bond donors (Lipinski definition) is 3. The van der Waals surface area contributed by atoms with Crippen molar-refractivity contribution in [1.29, 1.82) is 0 Å². The number of para-hydroxylation sites is 1. The van der Waals surface area contributed by atoms with Crippen LogP contribution in [0, 0.1) is 0 Å². The molecule has 4 aromatic rings. The Morgan fingerprint density at radius 2 is 1.59 bits per heavy atom. The maximum Gasteiger partial charge on any atom is 0.413 e. The van der Waals surface area contributed by atoms with Gasteiger partial charge in [-0.25, -0.2) is 19.6 Å². The predicted octanol–water partition coefficient (Wildman–Crippen LogP) is 4.72. The second kappa shape index (κ2) is 12.8. The monoisotopic (exact) mass is 526 g/mol. The summed E-state index contributed by atoms with van der Waals surface area (Å²) in [6, 6.07) is 23.2. The Balaban J connectivity index is 1.40. The molecule has 4 rings (SSSR count). The van der Waals surface area contributed by atoms with Crippen molar-refractivity contribution < 1.29 is 29.0 Å². The Morgan fingerprint density at radius 1 is 0.923 bits per heavy atom.